The first-order valence-electron chi connectivity index (χ1n) is 10.9. The Labute approximate surface area is 192 Å². The fourth-order valence-corrected chi connectivity index (χ4v) is 4.68. The number of halogens is 1. The number of amides is 2. The first-order chi connectivity index (χ1) is 15.4. The number of rotatable bonds is 5. The van der Waals surface area contributed by atoms with Crippen LogP contribution in [0.25, 0.3) is 0 Å². The van der Waals surface area contributed by atoms with Crippen LogP contribution < -0.4 is 5.32 Å². The fraction of sp³-hybridized carbons (Fsp3) is 0.478. The number of ether oxygens (including phenoxy) is 1. The molecule has 0 bridgehead atoms. The van der Waals surface area contributed by atoms with Crippen molar-refractivity contribution in [2.75, 3.05) is 13.2 Å². The number of carbonyl (C=O) groups is 2. The van der Waals surface area contributed by atoms with Crippen LogP contribution in [0, 0.1) is 11.3 Å². The van der Waals surface area contributed by atoms with E-state index in [9.17, 15) is 9.59 Å². The molecule has 0 saturated carbocycles. The van der Waals surface area contributed by atoms with Crippen LogP contribution in [0.1, 0.15) is 76.9 Å². The summed E-state index contributed by atoms with van der Waals surface area (Å²) >= 11 is 6.13. The number of hydrogen-bond donors (Lipinski definition) is 1. The molecule has 0 spiro atoms. The number of aromatic nitrogens is 2. The second-order valence-corrected chi connectivity index (χ2v) is 8.64. The number of pyridine rings is 1. The second kappa shape index (κ2) is 9.31. The molecule has 1 fully saturated rings. The molecule has 0 radical (unpaired) electrons. The molecule has 4 heterocycles. The zero-order valence-electron chi connectivity index (χ0n) is 18.2. The smallest absolute Gasteiger partial charge is 0.270 e. The van der Waals surface area contributed by atoms with Crippen molar-refractivity contribution in [1.82, 2.24) is 19.8 Å². The average molecular weight is 456 g/mol. The molecule has 168 valence electrons. The van der Waals surface area contributed by atoms with E-state index in [2.05, 4.69) is 17.2 Å². The second-order valence-electron chi connectivity index (χ2n) is 8.23. The maximum atomic E-state index is 13.3. The lowest BCUT2D eigenvalue weighted by molar-refractivity contribution is 0.0683. The summed E-state index contributed by atoms with van der Waals surface area (Å²) in [4.78, 5) is 32.5. The van der Waals surface area contributed by atoms with E-state index in [-0.39, 0.29) is 41.2 Å². The highest BCUT2D eigenvalue weighted by Crippen LogP contribution is 2.27. The number of nitrogens with zero attached hydrogens (tertiary/aromatic N) is 4. The van der Waals surface area contributed by atoms with Gasteiger partial charge in [0.25, 0.3) is 11.8 Å². The third kappa shape index (κ3) is 4.10. The fourth-order valence-electron chi connectivity index (χ4n) is 4.46. The van der Waals surface area contributed by atoms with Crippen LogP contribution in [0.3, 0.4) is 0 Å². The first-order valence-corrected chi connectivity index (χ1v) is 11.3. The Balaban J connectivity index is 1.62. The summed E-state index contributed by atoms with van der Waals surface area (Å²) in [5.74, 6) is -0.313. The Hall–Kier alpha value is -2.89. The topological polar surface area (TPSA) is 100 Å². The number of nitrogens with one attached hydrogen (secondary N) is 1. The molecule has 2 aromatic rings. The van der Waals surface area contributed by atoms with Gasteiger partial charge in [0.1, 0.15) is 11.8 Å². The van der Waals surface area contributed by atoms with Crippen LogP contribution in [0.4, 0.5) is 0 Å². The van der Waals surface area contributed by atoms with E-state index in [1.807, 2.05) is 22.5 Å². The molecule has 2 aliphatic heterocycles. The van der Waals surface area contributed by atoms with Crippen molar-refractivity contribution in [2.45, 2.75) is 58.3 Å². The van der Waals surface area contributed by atoms with E-state index in [4.69, 9.17) is 21.6 Å². The SMILES string of the molecule is CC[C@@H](NC(=O)c1cc(C(=O)N2CCCC2C)n2c1COCC2)c1cnc(C#N)c(Cl)c1. The number of carbonyl (C=O) groups excluding carboxylic acids is 2. The largest absolute Gasteiger partial charge is 0.373 e. The normalized spacial score (nSPS) is 18.7. The predicted octanol–water partition coefficient (Wildman–Crippen LogP) is 3.44. The van der Waals surface area contributed by atoms with Gasteiger partial charge < -0.3 is 19.5 Å². The Bertz CT molecular complexity index is 1090. The predicted molar refractivity (Wildman–Crippen MR) is 118 cm³/mol. The molecule has 2 aromatic heterocycles. The summed E-state index contributed by atoms with van der Waals surface area (Å²) in [6, 6.07) is 5.15. The van der Waals surface area contributed by atoms with Crippen LogP contribution in [0.5, 0.6) is 0 Å². The van der Waals surface area contributed by atoms with Gasteiger partial charge in [-0.05, 0) is 43.9 Å². The van der Waals surface area contributed by atoms with Crippen molar-refractivity contribution >= 4 is 23.4 Å². The van der Waals surface area contributed by atoms with Crippen molar-refractivity contribution in [1.29, 1.82) is 5.26 Å². The zero-order valence-corrected chi connectivity index (χ0v) is 19.0. The molecule has 1 saturated heterocycles. The molecule has 2 atom stereocenters. The molecular weight excluding hydrogens is 430 g/mol. The summed E-state index contributed by atoms with van der Waals surface area (Å²) in [5, 5.41) is 12.3. The monoisotopic (exact) mass is 455 g/mol. The lowest BCUT2D eigenvalue weighted by Crippen LogP contribution is -2.35. The molecule has 1 unspecified atom stereocenters. The summed E-state index contributed by atoms with van der Waals surface area (Å²) in [6.45, 7) is 6.07. The molecule has 1 N–H and O–H groups in total. The van der Waals surface area contributed by atoms with Gasteiger partial charge in [0.15, 0.2) is 5.69 Å². The number of nitriles is 1. The van der Waals surface area contributed by atoms with Crippen molar-refractivity contribution in [3.8, 4) is 6.07 Å². The highest BCUT2D eigenvalue weighted by Gasteiger charge is 2.32. The molecule has 0 aliphatic carbocycles. The van der Waals surface area contributed by atoms with Crippen LogP contribution in [0.2, 0.25) is 5.02 Å². The summed E-state index contributed by atoms with van der Waals surface area (Å²) in [7, 11) is 0. The Kier molecular flexibility index (Phi) is 6.49. The van der Waals surface area contributed by atoms with Crippen molar-refractivity contribution in [3.63, 3.8) is 0 Å². The lowest BCUT2D eigenvalue weighted by Gasteiger charge is -2.24. The minimum Gasteiger partial charge on any atom is -0.373 e. The minimum atomic E-state index is -0.335. The molecule has 0 aromatic carbocycles. The van der Waals surface area contributed by atoms with Crippen LogP contribution in [-0.2, 0) is 17.9 Å². The minimum absolute atomic E-state index is 0.0349. The van der Waals surface area contributed by atoms with E-state index in [1.54, 1.807) is 18.3 Å². The van der Waals surface area contributed by atoms with Crippen LogP contribution in [0.15, 0.2) is 18.3 Å². The highest BCUT2D eigenvalue weighted by atomic mass is 35.5. The van der Waals surface area contributed by atoms with Gasteiger partial charge in [-0.25, -0.2) is 4.98 Å². The quantitative estimate of drug-likeness (QED) is 0.744. The van der Waals surface area contributed by atoms with Gasteiger partial charge in [0.05, 0.1) is 35.5 Å². The molecule has 32 heavy (non-hydrogen) atoms. The number of fused-ring (bicyclic) bond motifs is 1. The molecule has 9 heteroatoms. The number of hydrogen-bond acceptors (Lipinski definition) is 5. The lowest BCUT2D eigenvalue weighted by atomic mass is 10.1. The van der Waals surface area contributed by atoms with Crippen LogP contribution in [-0.4, -0.2) is 45.5 Å². The standard InChI is InChI=1S/C23H26ClN5O3/c1-3-18(15-9-17(24)19(11-25)26-12-15)27-22(30)16-10-20(29-7-8-32-13-21(16)29)23(31)28-6-4-5-14(28)2/h9-10,12,14,18H,3-8,13H2,1-2H3,(H,27,30)/t14?,18-/m1/s1. The molecular formula is C23H26ClN5O3. The maximum Gasteiger partial charge on any atom is 0.270 e. The summed E-state index contributed by atoms with van der Waals surface area (Å²) in [5.41, 5.74) is 2.57. The Morgan fingerprint density at radius 3 is 2.88 bits per heavy atom. The Morgan fingerprint density at radius 1 is 1.41 bits per heavy atom. The van der Waals surface area contributed by atoms with E-state index in [1.165, 1.54) is 0 Å². The molecule has 2 aliphatic rings. The van der Waals surface area contributed by atoms with Crippen molar-refractivity contribution in [2.24, 2.45) is 0 Å². The van der Waals surface area contributed by atoms with Gasteiger partial charge in [-0.15, -0.1) is 0 Å². The van der Waals surface area contributed by atoms with Gasteiger partial charge in [-0.1, -0.05) is 18.5 Å². The third-order valence-electron chi connectivity index (χ3n) is 6.27. The molecule has 2 amide bonds. The zero-order chi connectivity index (χ0) is 22.8. The van der Waals surface area contributed by atoms with Gasteiger partial charge in [0.2, 0.25) is 0 Å². The van der Waals surface area contributed by atoms with E-state index >= 15 is 0 Å². The summed E-state index contributed by atoms with van der Waals surface area (Å²) < 4.78 is 7.52. The van der Waals surface area contributed by atoms with Gasteiger partial charge in [-0.3, -0.25) is 9.59 Å². The van der Waals surface area contributed by atoms with Gasteiger partial charge >= 0.3 is 0 Å². The van der Waals surface area contributed by atoms with E-state index < -0.39 is 0 Å². The third-order valence-corrected chi connectivity index (χ3v) is 6.56. The highest BCUT2D eigenvalue weighted by molar-refractivity contribution is 6.31. The maximum absolute atomic E-state index is 13.3. The summed E-state index contributed by atoms with van der Waals surface area (Å²) in [6.07, 6.45) is 4.16. The molecule has 4 rings (SSSR count). The molecule has 8 nitrogen and oxygen atoms in total. The van der Waals surface area contributed by atoms with Crippen molar-refractivity contribution < 1.29 is 14.3 Å². The van der Waals surface area contributed by atoms with E-state index in [0.29, 0.717) is 30.8 Å². The number of likely N-dealkylation sites (tertiary alicyclic amines) is 1. The van der Waals surface area contributed by atoms with E-state index in [0.717, 1.165) is 30.6 Å². The van der Waals surface area contributed by atoms with Crippen LogP contribution >= 0.6 is 11.6 Å². The first kappa shape index (κ1) is 22.3. The Morgan fingerprint density at radius 2 is 2.22 bits per heavy atom. The van der Waals surface area contributed by atoms with Crippen molar-refractivity contribution in [3.05, 3.63) is 51.6 Å². The van der Waals surface area contributed by atoms with Gasteiger partial charge in [0, 0.05) is 25.3 Å². The van der Waals surface area contributed by atoms with Gasteiger partial charge in [-0.2, -0.15) is 5.26 Å². The average Bonchev–Trinajstić information content (AvgIpc) is 3.40.